The van der Waals surface area contributed by atoms with Gasteiger partial charge in [-0.1, -0.05) is 18.7 Å². The van der Waals surface area contributed by atoms with E-state index in [0.717, 1.165) is 9.80 Å². The molecule has 0 spiro atoms. The first-order chi connectivity index (χ1) is 10.9. The summed E-state index contributed by atoms with van der Waals surface area (Å²) in [6.45, 7) is 3.94. The van der Waals surface area contributed by atoms with Crippen LogP contribution in [-0.2, 0) is 9.59 Å². The summed E-state index contributed by atoms with van der Waals surface area (Å²) in [6.07, 6.45) is 3.08. The van der Waals surface area contributed by atoms with Gasteiger partial charge in [-0.25, -0.2) is 4.79 Å². The Morgan fingerprint density at radius 2 is 1.78 bits per heavy atom. The van der Waals surface area contributed by atoms with Gasteiger partial charge in [-0.05, 0) is 39.7 Å². The summed E-state index contributed by atoms with van der Waals surface area (Å²) in [5.41, 5.74) is 0.567. The normalized spacial score (nSPS) is 15.1. The van der Waals surface area contributed by atoms with Crippen molar-refractivity contribution in [3.8, 4) is 5.75 Å². The maximum Gasteiger partial charge on any atom is 0.333 e. The standard InChI is InChI=1S/C16H15BrN2O4/c1-4-7-23-13-6-5-10(9-12(13)17)8-11-14(20)18(2)16(22)19(3)15(11)21/h4-6,8-9H,1,7H2,2-3H3. The average molecular weight is 379 g/mol. The molecule has 1 saturated heterocycles. The number of nitrogens with zero attached hydrogens (tertiary/aromatic N) is 2. The van der Waals surface area contributed by atoms with Gasteiger partial charge in [-0.3, -0.25) is 19.4 Å². The zero-order valence-corrected chi connectivity index (χ0v) is 14.3. The van der Waals surface area contributed by atoms with Gasteiger partial charge in [0.15, 0.2) is 0 Å². The van der Waals surface area contributed by atoms with E-state index in [-0.39, 0.29) is 5.57 Å². The fourth-order valence-electron chi connectivity index (χ4n) is 2.01. The van der Waals surface area contributed by atoms with Crippen molar-refractivity contribution < 1.29 is 19.1 Å². The number of barbiturate groups is 1. The van der Waals surface area contributed by atoms with E-state index in [4.69, 9.17) is 4.74 Å². The number of carbonyl (C=O) groups excluding carboxylic acids is 3. The van der Waals surface area contributed by atoms with E-state index in [9.17, 15) is 14.4 Å². The number of amides is 4. The van der Waals surface area contributed by atoms with Gasteiger partial charge in [0.1, 0.15) is 17.9 Å². The molecule has 0 radical (unpaired) electrons. The Kier molecular flexibility index (Phi) is 5.00. The number of urea groups is 1. The Bertz CT molecular complexity index is 701. The van der Waals surface area contributed by atoms with E-state index in [2.05, 4.69) is 22.5 Å². The summed E-state index contributed by atoms with van der Waals surface area (Å²) in [7, 11) is 2.67. The number of halogens is 1. The van der Waals surface area contributed by atoms with Gasteiger partial charge in [-0.15, -0.1) is 0 Å². The Balaban J connectivity index is 2.35. The summed E-state index contributed by atoms with van der Waals surface area (Å²) in [5.74, 6) is -0.625. The van der Waals surface area contributed by atoms with Crippen molar-refractivity contribution in [1.82, 2.24) is 9.80 Å². The van der Waals surface area contributed by atoms with E-state index in [0.29, 0.717) is 22.4 Å². The molecule has 1 aliphatic heterocycles. The fourth-order valence-corrected chi connectivity index (χ4v) is 2.53. The number of imide groups is 2. The first kappa shape index (κ1) is 17.0. The van der Waals surface area contributed by atoms with Crippen molar-refractivity contribution >= 4 is 39.9 Å². The zero-order valence-electron chi connectivity index (χ0n) is 12.7. The number of rotatable bonds is 4. The lowest BCUT2D eigenvalue weighted by atomic mass is 10.1. The highest BCUT2D eigenvalue weighted by atomic mass is 79.9. The molecular formula is C16H15BrN2O4. The van der Waals surface area contributed by atoms with Crippen LogP contribution in [0.3, 0.4) is 0 Å². The van der Waals surface area contributed by atoms with Crippen LogP contribution in [0.4, 0.5) is 4.79 Å². The van der Waals surface area contributed by atoms with Gasteiger partial charge >= 0.3 is 6.03 Å². The van der Waals surface area contributed by atoms with E-state index < -0.39 is 17.8 Å². The molecule has 120 valence electrons. The van der Waals surface area contributed by atoms with Crippen molar-refractivity contribution in [2.75, 3.05) is 20.7 Å². The van der Waals surface area contributed by atoms with Crippen LogP contribution in [0.5, 0.6) is 5.75 Å². The minimum absolute atomic E-state index is 0.0683. The molecule has 0 N–H and O–H groups in total. The van der Waals surface area contributed by atoms with Crippen LogP contribution in [0, 0.1) is 0 Å². The van der Waals surface area contributed by atoms with E-state index >= 15 is 0 Å². The predicted molar refractivity (Wildman–Crippen MR) is 88.7 cm³/mol. The van der Waals surface area contributed by atoms with Crippen molar-refractivity contribution in [3.05, 3.63) is 46.5 Å². The van der Waals surface area contributed by atoms with Gasteiger partial charge in [-0.2, -0.15) is 0 Å². The fraction of sp³-hybridized carbons (Fsp3) is 0.188. The molecule has 0 atom stereocenters. The molecule has 0 saturated carbocycles. The topological polar surface area (TPSA) is 66.9 Å². The van der Waals surface area contributed by atoms with Crippen LogP contribution in [0.15, 0.2) is 40.9 Å². The summed E-state index contributed by atoms with van der Waals surface area (Å²) >= 11 is 3.37. The minimum Gasteiger partial charge on any atom is -0.488 e. The molecule has 0 bridgehead atoms. The van der Waals surface area contributed by atoms with Crippen LogP contribution < -0.4 is 4.74 Å². The summed E-state index contributed by atoms with van der Waals surface area (Å²) in [6, 6.07) is 4.51. The van der Waals surface area contributed by atoms with Gasteiger partial charge in [0.05, 0.1) is 4.47 Å². The lowest BCUT2D eigenvalue weighted by Gasteiger charge is -2.28. The lowest BCUT2D eigenvalue weighted by Crippen LogP contribution is -2.52. The van der Waals surface area contributed by atoms with Crippen LogP contribution in [-0.4, -0.2) is 48.3 Å². The molecule has 1 aromatic carbocycles. The van der Waals surface area contributed by atoms with Gasteiger partial charge < -0.3 is 4.74 Å². The number of ether oxygens (including phenoxy) is 1. The van der Waals surface area contributed by atoms with Crippen LogP contribution in [0.2, 0.25) is 0 Å². The van der Waals surface area contributed by atoms with Gasteiger partial charge in [0.25, 0.3) is 11.8 Å². The van der Waals surface area contributed by atoms with Gasteiger partial charge in [0.2, 0.25) is 0 Å². The van der Waals surface area contributed by atoms with Crippen molar-refractivity contribution in [2.45, 2.75) is 0 Å². The van der Waals surface area contributed by atoms with E-state index in [1.165, 1.54) is 20.2 Å². The second-order valence-corrected chi connectivity index (χ2v) is 5.71. The third-order valence-corrected chi connectivity index (χ3v) is 3.89. The molecule has 7 heteroatoms. The van der Waals surface area contributed by atoms with Crippen molar-refractivity contribution in [2.24, 2.45) is 0 Å². The highest BCUT2D eigenvalue weighted by molar-refractivity contribution is 9.10. The molecule has 0 aliphatic carbocycles. The molecule has 0 aromatic heterocycles. The molecular weight excluding hydrogens is 364 g/mol. The third-order valence-electron chi connectivity index (χ3n) is 3.27. The molecule has 1 aromatic rings. The maximum absolute atomic E-state index is 12.1. The second-order valence-electron chi connectivity index (χ2n) is 4.86. The van der Waals surface area contributed by atoms with E-state index in [1.807, 2.05) is 0 Å². The first-order valence-electron chi connectivity index (χ1n) is 6.71. The Morgan fingerprint density at radius 1 is 1.17 bits per heavy atom. The lowest BCUT2D eigenvalue weighted by molar-refractivity contribution is -0.134. The third kappa shape index (κ3) is 3.34. The number of likely N-dealkylation sites (N-methyl/N-ethyl adjacent to an activating group) is 2. The molecule has 1 aliphatic rings. The van der Waals surface area contributed by atoms with Crippen molar-refractivity contribution in [1.29, 1.82) is 0 Å². The minimum atomic E-state index is -0.647. The summed E-state index contributed by atoms with van der Waals surface area (Å²) in [4.78, 5) is 37.8. The Hall–Kier alpha value is -2.41. The van der Waals surface area contributed by atoms with Crippen LogP contribution in [0.1, 0.15) is 5.56 Å². The SMILES string of the molecule is C=CCOc1ccc(C=C2C(=O)N(C)C(=O)N(C)C2=O)cc1Br. The number of hydrogen-bond donors (Lipinski definition) is 0. The Labute approximate surface area is 142 Å². The number of carbonyl (C=O) groups is 3. The maximum atomic E-state index is 12.1. The van der Waals surface area contributed by atoms with E-state index in [1.54, 1.807) is 24.3 Å². The van der Waals surface area contributed by atoms with Crippen molar-refractivity contribution in [3.63, 3.8) is 0 Å². The smallest absolute Gasteiger partial charge is 0.333 e. The largest absolute Gasteiger partial charge is 0.488 e. The zero-order chi connectivity index (χ0) is 17.1. The highest BCUT2D eigenvalue weighted by Crippen LogP contribution is 2.27. The quantitative estimate of drug-likeness (QED) is 0.458. The molecule has 4 amide bonds. The van der Waals surface area contributed by atoms with Crippen LogP contribution >= 0.6 is 15.9 Å². The molecule has 1 heterocycles. The van der Waals surface area contributed by atoms with Gasteiger partial charge in [0, 0.05) is 14.1 Å². The first-order valence-corrected chi connectivity index (χ1v) is 7.51. The highest BCUT2D eigenvalue weighted by Gasteiger charge is 2.37. The molecule has 0 unspecified atom stereocenters. The molecule has 6 nitrogen and oxygen atoms in total. The average Bonchev–Trinajstić information content (AvgIpc) is 2.54. The second kappa shape index (κ2) is 6.78. The molecule has 2 rings (SSSR count). The Morgan fingerprint density at radius 3 is 2.30 bits per heavy atom. The molecule has 23 heavy (non-hydrogen) atoms. The monoisotopic (exact) mass is 378 g/mol. The summed E-state index contributed by atoms with van der Waals surface area (Å²) in [5, 5.41) is 0. The molecule has 1 fully saturated rings. The number of hydrogen-bond acceptors (Lipinski definition) is 4. The predicted octanol–water partition coefficient (Wildman–Crippen LogP) is 2.45. The van der Waals surface area contributed by atoms with Crippen LogP contribution in [0.25, 0.3) is 6.08 Å². The number of benzene rings is 1. The summed E-state index contributed by atoms with van der Waals surface area (Å²) < 4.78 is 6.12.